The van der Waals surface area contributed by atoms with E-state index in [4.69, 9.17) is 9.47 Å². The zero-order valence-electron chi connectivity index (χ0n) is 16.1. The monoisotopic (exact) mass is 348 g/mol. The smallest absolute Gasteiger partial charge is 0.255 e. The molecule has 1 amide bonds. The van der Waals surface area contributed by atoms with Crippen LogP contribution in [-0.4, -0.2) is 47.2 Å². The molecule has 1 saturated carbocycles. The Hall–Kier alpha value is -1.62. The summed E-state index contributed by atoms with van der Waals surface area (Å²) in [7, 11) is 0. The first-order valence-electron chi connectivity index (χ1n) is 9.44. The Morgan fingerprint density at radius 2 is 1.92 bits per heavy atom. The SMILES string of the molecule is CCN(C(=O)c1ccc(OCCOC(C)(C)C)nc1)C1CCCCC1. The fourth-order valence-electron chi connectivity index (χ4n) is 3.21. The Morgan fingerprint density at radius 1 is 1.20 bits per heavy atom. The first-order valence-corrected chi connectivity index (χ1v) is 9.44. The second kappa shape index (κ2) is 9.18. The molecule has 0 spiro atoms. The third-order valence-corrected chi connectivity index (χ3v) is 4.47. The molecule has 0 atom stereocenters. The molecule has 0 aliphatic heterocycles. The standard InChI is InChI=1S/C20H32N2O3/c1-5-22(17-9-7-6-8-10-17)19(23)16-11-12-18(21-15-16)24-13-14-25-20(2,3)4/h11-12,15,17H,5-10,13-14H2,1-4H3. The third kappa shape index (κ3) is 6.31. The van der Waals surface area contributed by atoms with Crippen molar-refractivity contribution in [1.29, 1.82) is 0 Å². The van der Waals surface area contributed by atoms with E-state index in [0.29, 0.717) is 30.7 Å². The quantitative estimate of drug-likeness (QED) is 0.697. The van der Waals surface area contributed by atoms with Crippen LogP contribution in [0.4, 0.5) is 0 Å². The number of hydrogen-bond donors (Lipinski definition) is 0. The maximum absolute atomic E-state index is 12.8. The van der Waals surface area contributed by atoms with Gasteiger partial charge in [-0.25, -0.2) is 4.98 Å². The molecule has 1 aromatic rings. The van der Waals surface area contributed by atoms with Crippen LogP contribution in [0.2, 0.25) is 0 Å². The number of carbonyl (C=O) groups excluding carboxylic acids is 1. The van der Waals surface area contributed by atoms with Crippen molar-refractivity contribution >= 4 is 5.91 Å². The highest BCUT2D eigenvalue weighted by Crippen LogP contribution is 2.24. The Kier molecular flexibility index (Phi) is 7.24. The number of aromatic nitrogens is 1. The molecule has 0 bridgehead atoms. The van der Waals surface area contributed by atoms with Crippen LogP contribution in [0.5, 0.6) is 5.88 Å². The molecule has 0 N–H and O–H groups in total. The van der Waals surface area contributed by atoms with Gasteiger partial charge in [0.25, 0.3) is 5.91 Å². The molecule has 0 aromatic carbocycles. The Bertz CT molecular complexity index is 531. The first kappa shape index (κ1) is 19.7. The molecule has 0 unspecified atom stereocenters. The summed E-state index contributed by atoms with van der Waals surface area (Å²) in [6.45, 7) is 9.78. The molecular formula is C20H32N2O3. The van der Waals surface area contributed by atoms with Crippen molar-refractivity contribution in [3.8, 4) is 5.88 Å². The van der Waals surface area contributed by atoms with E-state index in [-0.39, 0.29) is 11.5 Å². The molecule has 1 aromatic heterocycles. The van der Waals surface area contributed by atoms with Gasteiger partial charge in [0.05, 0.1) is 17.8 Å². The molecule has 0 radical (unpaired) electrons. The van der Waals surface area contributed by atoms with Crippen LogP contribution in [-0.2, 0) is 4.74 Å². The second-order valence-electron chi connectivity index (χ2n) is 7.58. The van der Waals surface area contributed by atoms with Gasteiger partial charge in [-0.15, -0.1) is 0 Å². The number of pyridine rings is 1. The summed E-state index contributed by atoms with van der Waals surface area (Å²) in [5.74, 6) is 0.597. The number of nitrogens with zero attached hydrogens (tertiary/aromatic N) is 2. The fraction of sp³-hybridized carbons (Fsp3) is 0.700. The lowest BCUT2D eigenvalue weighted by Crippen LogP contribution is -2.41. The summed E-state index contributed by atoms with van der Waals surface area (Å²) < 4.78 is 11.2. The van der Waals surface area contributed by atoms with Crippen molar-refractivity contribution in [1.82, 2.24) is 9.88 Å². The van der Waals surface area contributed by atoms with E-state index in [1.807, 2.05) is 32.6 Å². The van der Waals surface area contributed by atoms with Crippen molar-refractivity contribution in [3.05, 3.63) is 23.9 Å². The lowest BCUT2D eigenvalue weighted by atomic mass is 9.94. The predicted octanol–water partition coefficient (Wildman–Crippen LogP) is 4.07. The molecule has 5 heteroatoms. The molecule has 1 heterocycles. The minimum atomic E-state index is -0.171. The van der Waals surface area contributed by atoms with Gasteiger partial charge in [0.15, 0.2) is 0 Å². The van der Waals surface area contributed by atoms with Crippen LogP contribution in [0.1, 0.15) is 70.2 Å². The maximum Gasteiger partial charge on any atom is 0.255 e. The van der Waals surface area contributed by atoms with Crippen molar-refractivity contribution in [2.24, 2.45) is 0 Å². The Morgan fingerprint density at radius 3 is 2.48 bits per heavy atom. The zero-order valence-corrected chi connectivity index (χ0v) is 16.1. The van der Waals surface area contributed by atoms with Crippen molar-refractivity contribution in [3.63, 3.8) is 0 Å². The van der Waals surface area contributed by atoms with Gasteiger partial charge in [0.2, 0.25) is 5.88 Å². The molecule has 5 nitrogen and oxygen atoms in total. The normalized spacial score (nSPS) is 15.8. The van der Waals surface area contributed by atoms with Crippen molar-refractivity contribution in [2.75, 3.05) is 19.8 Å². The van der Waals surface area contributed by atoms with E-state index >= 15 is 0 Å². The minimum Gasteiger partial charge on any atom is -0.475 e. The average Bonchev–Trinajstić information content (AvgIpc) is 2.60. The molecular weight excluding hydrogens is 316 g/mol. The molecule has 0 saturated heterocycles. The molecule has 2 rings (SSSR count). The largest absolute Gasteiger partial charge is 0.475 e. The van der Waals surface area contributed by atoms with E-state index in [2.05, 4.69) is 4.98 Å². The van der Waals surface area contributed by atoms with Crippen LogP contribution in [0.15, 0.2) is 18.3 Å². The topological polar surface area (TPSA) is 51.7 Å². The molecule has 140 valence electrons. The van der Waals surface area contributed by atoms with Crippen LogP contribution >= 0.6 is 0 Å². The van der Waals surface area contributed by atoms with Gasteiger partial charge in [0, 0.05) is 24.8 Å². The zero-order chi connectivity index (χ0) is 18.3. The van der Waals surface area contributed by atoms with E-state index in [1.165, 1.54) is 19.3 Å². The van der Waals surface area contributed by atoms with E-state index in [0.717, 1.165) is 19.4 Å². The fourth-order valence-corrected chi connectivity index (χ4v) is 3.21. The molecule has 1 aliphatic carbocycles. The van der Waals surface area contributed by atoms with Gasteiger partial charge in [0.1, 0.15) is 6.61 Å². The number of carbonyl (C=O) groups is 1. The van der Waals surface area contributed by atoms with Crippen molar-refractivity contribution < 1.29 is 14.3 Å². The van der Waals surface area contributed by atoms with Crippen LogP contribution in [0, 0.1) is 0 Å². The van der Waals surface area contributed by atoms with E-state index < -0.39 is 0 Å². The number of ether oxygens (including phenoxy) is 2. The molecule has 1 fully saturated rings. The first-order chi connectivity index (χ1) is 11.9. The van der Waals surface area contributed by atoms with E-state index in [1.54, 1.807) is 18.3 Å². The lowest BCUT2D eigenvalue weighted by Gasteiger charge is -2.33. The second-order valence-corrected chi connectivity index (χ2v) is 7.58. The number of amides is 1. The van der Waals surface area contributed by atoms with Gasteiger partial charge in [-0.3, -0.25) is 4.79 Å². The molecule has 1 aliphatic rings. The van der Waals surface area contributed by atoms with Gasteiger partial charge < -0.3 is 14.4 Å². The van der Waals surface area contributed by atoms with Gasteiger partial charge in [-0.05, 0) is 46.6 Å². The van der Waals surface area contributed by atoms with Crippen molar-refractivity contribution in [2.45, 2.75) is 71.4 Å². The number of rotatable bonds is 7. The predicted molar refractivity (Wildman–Crippen MR) is 99.0 cm³/mol. The summed E-state index contributed by atoms with van der Waals surface area (Å²) in [6.07, 6.45) is 7.57. The van der Waals surface area contributed by atoms with Gasteiger partial charge in [-0.1, -0.05) is 19.3 Å². The summed E-state index contributed by atoms with van der Waals surface area (Å²) in [5, 5.41) is 0. The summed E-state index contributed by atoms with van der Waals surface area (Å²) >= 11 is 0. The lowest BCUT2D eigenvalue weighted by molar-refractivity contribution is -0.0168. The average molecular weight is 348 g/mol. The minimum absolute atomic E-state index is 0.0736. The van der Waals surface area contributed by atoms with Crippen LogP contribution in [0.3, 0.4) is 0 Å². The van der Waals surface area contributed by atoms with Crippen LogP contribution in [0.25, 0.3) is 0 Å². The van der Waals surface area contributed by atoms with Crippen LogP contribution < -0.4 is 4.74 Å². The Labute approximate surface area is 151 Å². The van der Waals surface area contributed by atoms with Gasteiger partial charge in [-0.2, -0.15) is 0 Å². The summed E-state index contributed by atoms with van der Waals surface area (Å²) in [6, 6.07) is 3.94. The maximum atomic E-state index is 12.8. The summed E-state index contributed by atoms with van der Waals surface area (Å²) in [5.41, 5.74) is 0.459. The highest BCUT2D eigenvalue weighted by atomic mass is 16.5. The highest BCUT2D eigenvalue weighted by Gasteiger charge is 2.25. The van der Waals surface area contributed by atoms with Gasteiger partial charge >= 0.3 is 0 Å². The summed E-state index contributed by atoms with van der Waals surface area (Å²) in [4.78, 5) is 19.0. The van der Waals surface area contributed by atoms with E-state index in [9.17, 15) is 4.79 Å². The highest BCUT2D eigenvalue weighted by molar-refractivity contribution is 5.94. The Balaban J connectivity index is 1.88. The third-order valence-electron chi connectivity index (χ3n) is 4.47. The number of hydrogen-bond acceptors (Lipinski definition) is 4. The molecule has 25 heavy (non-hydrogen) atoms.